The van der Waals surface area contributed by atoms with Crippen LogP contribution in [0.4, 0.5) is 0 Å². The summed E-state index contributed by atoms with van der Waals surface area (Å²) in [4.78, 5) is 45.7. The van der Waals surface area contributed by atoms with Gasteiger partial charge in [-0.05, 0) is 0 Å². The standard InChI is InChI=1S/C16H24O11/c1-8(18)23-7-12-13(24-9(2)19)14(25-10(3)20)15(26-11(4)21)16(22,27-12)5-6-17/h12-15,17,22H,5-7H2,1-4H3/t12-,13-,14+,15-,16+/m1/s1. The van der Waals surface area contributed by atoms with Crippen LogP contribution < -0.4 is 0 Å². The number of esters is 4. The Morgan fingerprint density at radius 2 is 1.41 bits per heavy atom. The van der Waals surface area contributed by atoms with E-state index in [1.165, 1.54) is 0 Å². The summed E-state index contributed by atoms with van der Waals surface area (Å²) in [5.41, 5.74) is 0. The minimum absolute atomic E-state index is 0.425. The van der Waals surface area contributed by atoms with Crippen LogP contribution in [0.5, 0.6) is 0 Å². The van der Waals surface area contributed by atoms with E-state index >= 15 is 0 Å². The first-order chi connectivity index (χ1) is 12.5. The van der Waals surface area contributed by atoms with Crippen molar-refractivity contribution < 1.29 is 53.1 Å². The minimum Gasteiger partial charge on any atom is -0.463 e. The summed E-state index contributed by atoms with van der Waals surface area (Å²) in [5.74, 6) is -5.38. The smallest absolute Gasteiger partial charge is 0.303 e. The molecule has 154 valence electrons. The monoisotopic (exact) mass is 392 g/mol. The Hall–Kier alpha value is -2.24. The fraction of sp³-hybridized carbons (Fsp3) is 0.750. The molecular formula is C16H24O11. The fourth-order valence-corrected chi connectivity index (χ4v) is 2.72. The number of carbonyl (C=O) groups is 4. The van der Waals surface area contributed by atoms with Crippen LogP contribution in [0.15, 0.2) is 0 Å². The second-order valence-corrected chi connectivity index (χ2v) is 5.96. The van der Waals surface area contributed by atoms with Crippen LogP contribution in [0.1, 0.15) is 34.1 Å². The highest BCUT2D eigenvalue weighted by Gasteiger charge is 2.59. The van der Waals surface area contributed by atoms with Crippen molar-refractivity contribution in [1.82, 2.24) is 0 Å². The van der Waals surface area contributed by atoms with Gasteiger partial charge in [-0.15, -0.1) is 0 Å². The van der Waals surface area contributed by atoms with Gasteiger partial charge in [0.25, 0.3) is 0 Å². The number of rotatable bonds is 7. The molecule has 0 aromatic rings. The zero-order valence-electron chi connectivity index (χ0n) is 15.5. The van der Waals surface area contributed by atoms with Gasteiger partial charge < -0.3 is 33.9 Å². The van der Waals surface area contributed by atoms with Crippen molar-refractivity contribution in [1.29, 1.82) is 0 Å². The highest BCUT2D eigenvalue weighted by Crippen LogP contribution is 2.36. The molecule has 0 bridgehead atoms. The lowest BCUT2D eigenvalue weighted by Crippen LogP contribution is -2.68. The highest BCUT2D eigenvalue weighted by atomic mass is 16.7. The van der Waals surface area contributed by atoms with Crippen molar-refractivity contribution in [2.24, 2.45) is 0 Å². The summed E-state index contributed by atoms with van der Waals surface area (Å²) in [7, 11) is 0. The van der Waals surface area contributed by atoms with E-state index in [0.29, 0.717) is 0 Å². The zero-order chi connectivity index (χ0) is 20.8. The molecule has 2 N–H and O–H groups in total. The topological polar surface area (TPSA) is 155 Å². The van der Waals surface area contributed by atoms with Gasteiger partial charge >= 0.3 is 23.9 Å². The van der Waals surface area contributed by atoms with Gasteiger partial charge in [0, 0.05) is 40.7 Å². The molecule has 0 aromatic heterocycles. The Bertz CT molecular complexity index is 575. The first-order valence-electron chi connectivity index (χ1n) is 8.16. The molecule has 0 saturated carbocycles. The maximum atomic E-state index is 11.6. The largest absolute Gasteiger partial charge is 0.463 e. The fourth-order valence-electron chi connectivity index (χ4n) is 2.72. The van der Waals surface area contributed by atoms with Crippen LogP contribution in [0.25, 0.3) is 0 Å². The third-order valence-electron chi connectivity index (χ3n) is 3.61. The average molecular weight is 392 g/mol. The maximum absolute atomic E-state index is 11.6. The molecular weight excluding hydrogens is 368 g/mol. The summed E-state index contributed by atoms with van der Waals surface area (Å²) >= 11 is 0. The van der Waals surface area contributed by atoms with Crippen molar-refractivity contribution >= 4 is 23.9 Å². The van der Waals surface area contributed by atoms with E-state index < -0.39 is 73.7 Å². The van der Waals surface area contributed by atoms with Crippen LogP contribution in [-0.4, -0.2) is 77.5 Å². The number of aliphatic hydroxyl groups excluding tert-OH is 1. The van der Waals surface area contributed by atoms with E-state index in [4.69, 9.17) is 23.7 Å². The molecule has 1 aliphatic heterocycles. The minimum atomic E-state index is -2.29. The zero-order valence-corrected chi connectivity index (χ0v) is 15.5. The van der Waals surface area contributed by atoms with Gasteiger partial charge in [-0.3, -0.25) is 19.2 Å². The molecule has 1 fully saturated rings. The third kappa shape index (κ3) is 6.45. The number of ether oxygens (including phenoxy) is 5. The molecule has 0 amide bonds. The SMILES string of the molecule is CC(=O)OC[C@H]1O[C@@](O)(CCO)[C@H](OC(C)=O)[C@@H](OC(C)=O)[C@@H]1OC(C)=O. The van der Waals surface area contributed by atoms with Crippen LogP contribution in [-0.2, 0) is 42.9 Å². The van der Waals surface area contributed by atoms with E-state index in [-0.39, 0.29) is 0 Å². The van der Waals surface area contributed by atoms with Gasteiger partial charge in [-0.1, -0.05) is 0 Å². The van der Waals surface area contributed by atoms with Gasteiger partial charge in [0.1, 0.15) is 12.7 Å². The van der Waals surface area contributed by atoms with Crippen molar-refractivity contribution in [3.05, 3.63) is 0 Å². The first kappa shape index (κ1) is 22.8. The van der Waals surface area contributed by atoms with Gasteiger partial charge in [0.05, 0.1) is 0 Å². The van der Waals surface area contributed by atoms with E-state index in [1.54, 1.807) is 0 Å². The second kappa shape index (κ2) is 9.62. The summed E-state index contributed by atoms with van der Waals surface area (Å²) in [6, 6.07) is 0. The predicted molar refractivity (Wildman–Crippen MR) is 84.8 cm³/mol. The molecule has 0 radical (unpaired) electrons. The molecule has 0 unspecified atom stereocenters. The number of carbonyl (C=O) groups excluding carboxylic acids is 4. The molecule has 1 saturated heterocycles. The van der Waals surface area contributed by atoms with Crippen LogP contribution in [0.3, 0.4) is 0 Å². The summed E-state index contributed by atoms with van der Waals surface area (Å²) in [6.07, 6.45) is -6.11. The Kier molecular flexibility index (Phi) is 8.13. The van der Waals surface area contributed by atoms with Gasteiger partial charge in [-0.2, -0.15) is 0 Å². The number of aliphatic hydroxyl groups is 2. The Morgan fingerprint density at radius 1 is 0.889 bits per heavy atom. The quantitative estimate of drug-likeness (QED) is 0.397. The van der Waals surface area contributed by atoms with Gasteiger partial charge in [0.15, 0.2) is 18.3 Å². The molecule has 11 heteroatoms. The van der Waals surface area contributed by atoms with Gasteiger partial charge in [-0.25, -0.2) is 0 Å². The maximum Gasteiger partial charge on any atom is 0.303 e. The highest BCUT2D eigenvalue weighted by molar-refractivity contribution is 5.68. The van der Waals surface area contributed by atoms with Gasteiger partial charge in [0.2, 0.25) is 5.79 Å². The molecule has 1 heterocycles. The average Bonchev–Trinajstić information content (AvgIpc) is 2.51. The van der Waals surface area contributed by atoms with Crippen molar-refractivity contribution in [3.8, 4) is 0 Å². The Morgan fingerprint density at radius 3 is 1.85 bits per heavy atom. The first-order valence-corrected chi connectivity index (χ1v) is 8.16. The molecule has 1 rings (SSSR count). The van der Waals surface area contributed by atoms with E-state index in [0.717, 1.165) is 27.7 Å². The third-order valence-corrected chi connectivity index (χ3v) is 3.61. The second-order valence-electron chi connectivity index (χ2n) is 5.96. The summed E-state index contributed by atoms with van der Waals surface area (Å²) in [5, 5.41) is 20.1. The van der Waals surface area contributed by atoms with Crippen molar-refractivity contribution in [2.45, 2.75) is 64.3 Å². The van der Waals surface area contributed by atoms with Crippen molar-refractivity contribution in [3.63, 3.8) is 0 Å². The molecule has 0 aliphatic carbocycles. The normalized spacial score (nSPS) is 30.1. The number of hydrogen-bond donors (Lipinski definition) is 2. The predicted octanol–water partition coefficient (Wildman–Crippen LogP) is -1.19. The molecule has 11 nitrogen and oxygen atoms in total. The lowest BCUT2D eigenvalue weighted by Gasteiger charge is -2.48. The Balaban J connectivity index is 3.36. The summed E-state index contributed by atoms with van der Waals surface area (Å²) in [6.45, 7) is 3.32. The lowest BCUT2D eigenvalue weighted by molar-refractivity contribution is -0.355. The molecule has 0 aromatic carbocycles. The molecule has 0 spiro atoms. The molecule has 5 atom stereocenters. The van der Waals surface area contributed by atoms with E-state index in [2.05, 4.69) is 0 Å². The van der Waals surface area contributed by atoms with E-state index in [9.17, 15) is 29.4 Å². The number of hydrogen-bond acceptors (Lipinski definition) is 11. The van der Waals surface area contributed by atoms with Crippen molar-refractivity contribution in [2.75, 3.05) is 13.2 Å². The molecule has 27 heavy (non-hydrogen) atoms. The van der Waals surface area contributed by atoms with E-state index in [1.807, 2.05) is 0 Å². The van der Waals surface area contributed by atoms with Crippen LogP contribution >= 0.6 is 0 Å². The van der Waals surface area contributed by atoms with Crippen LogP contribution in [0.2, 0.25) is 0 Å². The summed E-state index contributed by atoms with van der Waals surface area (Å²) < 4.78 is 25.7. The van der Waals surface area contributed by atoms with Crippen LogP contribution in [0, 0.1) is 0 Å². The lowest BCUT2D eigenvalue weighted by atomic mass is 9.90. The Labute approximate surface area is 155 Å². The molecule has 1 aliphatic rings.